The lowest BCUT2D eigenvalue weighted by molar-refractivity contribution is -0.161. The molecule has 0 saturated carbocycles. The topological polar surface area (TPSA) is 278 Å². The van der Waals surface area contributed by atoms with E-state index in [1.165, 1.54) is 51.0 Å². The van der Waals surface area contributed by atoms with Crippen molar-refractivity contribution >= 4 is 33.4 Å². The number of phosphoric ester groups is 2. The molecule has 0 spiro atoms. The second-order valence-corrected chi connectivity index (χ2v) is 20.5. The molecule has 0 aromatic carbocycles. The van der Waals surface area contributed by atoms with Crippen molar-refractivity contribution in [3.8, 4) is 0 Å². The number of anilines is 1. The molecular formula is C44H77N3O16P2. The number of rotatable bonds is 37. The van der Waals surface area contributed by atoms with E-state index < -0.39 is 83.7 Å². The first kappa shape index (κ1) is 56.8. The van der Waals surface area contributed by atoms with Gasteiger partial charge in [-0.15, -0.1) is 0 Å². The van der Waals surface area contributed by atoms with Gasteiger partial charge in [0.05, 0.1) is 25.4 Å². The highest BCUT2D eigenvalue weighted by atomic mass is 31.3. The monoisotopic (exact) mass is 965 g/mol. The third kappa shape index (κ3) is 24.4. The SMILES string of the molecule is CCCCCC1OC1C/C=C\CCCCCCCC(=O)OC[C@H](COP(=O)(O)OP(=O)(O)OC[C@H]1O[C@@H](n2ccc(N)nc2=O)[C@H](O)[C@@H]1O)OC(=O)CCCCCCCCCCC(C)C. The minimum atomic E-state index is -5.42. The minimum absolute atomic E-state index is 0.0459. The van der Waals surface area contributed by atoms with E-state index in [1.807, 2.05) is 0 Å². The summed E-state index contributed by atoms with van der Waals surface area (Å²) in [4.78, 5) is 61.7. The lowest BCUT2D eigenvalue weighted by atomic mass is 10.0. The molecule has 0 amide bonds. The molecule has 3 rings (SSSR count). The van der Waals surface area contributed by atoms with Gasteiger partial charge in [-0.25, -0.2) is 13.9 Å². The summed E-state index contributed by atoms with van der Waals surface area (Å²) in [7, 11) is -10.8. The highest BCUT2D eigenvalue weighted by Gasteiger charge is 2.46. The van der Waals surface area contributed by atoms with Crippen LogP contribution in [-0.2, 0) is 51.0 Å². The maximum Gasteiger partial charge on any atom is 0.481 e. The van der Waals surface area contributed by atoms with Crippen LogP contribution in [0.5, 0.6) is 0 Å². The third-order valence-electron chi connectivity index (χ3n) is 11.2. The maximum atomic E-state index is 12.8. The Hall–Kier alpha value is -2.54. The molecule has 2 saturated heterocycles. The Bertz CT molecular complexity index is 1720. The molecule has 19 nitrogen and oxygen atoms in total. The molecule has 0 aliphatic carbocycles. The Morgan fingerprint density at radius 1 is 0.800 bits per heavy atom. The van der Waals surface area contributed by atoms with Crippen molar-refractivity contribution in [2.24, 2.45) is 5.92 Å². The quantitative estimate of drug-likeness (QED) is 0.0140. The highest BCUT2D eigenvalue weighted by Crippen LogP contribution is 2.60. The number of carbonyl (C=O) groups is 2. The van der Waals surface area contributed by atoms with Crippen LogP contribution in [0.2, 0.25) is 0 Å². The molecule has 6 N–H and O–H groups in total. The zero-order valence-electron chi connectivity index (χ0n) is 38.7. The van der Waals surface area contributed by atoms with Crippen LogP contribution >= 0.6 is 15.6 Å². The van der Waals surface area contributed by atoms with Gasteiger partial charge in [0.15, 0.2) is 12.3 Å². The number of carbonyl (C=O) groups excluding carboxylic acids is 2. The lowest BCUT2D eigenvalue weighted by Gasteiger charge is -2.21. The van der Waals surface area contributed by atoms with Gasteiger partial charge in [-0.3, -0.25) is 23.2 Å². The summed E-state index contributed by atoms with van der Waals surface area (Å²) in [6.45, 7) is 4.33. The average molecular weight is 966 g/mol. The normalized spacial score (nSPS) is 23.1. The highest BCUT2D eigenvalue weighted by molar-refractivity contribution is 7.61. The number of esters is 2. The van der Waals surface area contributed by atoms with E-state index >= 15 is 0 Å². The third-order valence-corrected chi connectivity index (χ3v) is 13.8. The van der Waals surface area contributed by atoms with Crippen molar-refractivity contribution in [2.45, 2.75) is 205 Å². The minimum Gasteiger partial charge on any atom is -0.462 e. The van der Waals surface area contributed by atoms with Gasteiger partial charge in [-0.05, 0) is 50.5 Å². The number of hydrogen-bond donors (Lipinski definition) is 5. The predicted molar refractivity (Wildman–Crippen MR) is 242 cm³/mol. The molecule has 1 aromatic rings. The first-order chi connectivity index (χ1) is 31.0. The van der Waals surface area contributed by atoms with E-state index in [9.17, 15) is 43.5 Å². The van der Waals surface area contributed by atoms with Crippen LogP contribution in [0.3, 0.4) is 0 Å². The standard InChI is InChI=1S/C44H77N3O16P2/c1-4-5-18-24-35-36(61-35)25-20-15-11-7-9-12-16-21-26-39(48)57-30-34(60-40(49)27-22-17-13-8-6-10-14-19-23-33(2)3)31-58-64(53,54)63-65(55,56)59-32-37-41(50)42(51)43(62-37)47-29-28-38(45)46-44(47)52/h15,20,28-29,33-37,41-43,50-51H,4-14,16-19,21-27,30-32H2,1-3H3,(H,53,54)(H,55,56)(H2,45,46,52)/b20-15-/t34-,35?,36?,37-,41-,42-,43-/m1/s1. The van der Waals surface area contributed by atoms with Crippen molar-refractivity contribution < 1.29 is 71.0 Å². The molecule has 9 atom stereocenters. The van der Waals surface area contributed by atoms with Gasteiger partial charge in [0, 0.05) is 19.0 Å². The molecule has 374 valence electrons. The fourth-order valence-corrected chi connectivity index (χ4v) is 9.50. The zero-order chi connectivity index (χ0) is 47.7. The number of nitrogens with zero attached hydrogens (tertiary/aromatic N) is 2. The molecule has 2 aliphatic rings. The summed E-state index contributed by atoms with van der Waals surface area (Å²) < 4.78 is 62.4. The first-order valence-corrected chi connectivity index (χ1v) is 26.7. The van der Waals surface area contributed by atoms with Crippen LogP contribution in [0.1, 0.15) is 168 Å². The fourth-order valence-electron chi connectivity index (χ4n) is 7.39. The largest absolute Gasteiger partial charge is 0.481 e. The smallest absolute Gasteiger partial charge is 0.462 e. The van der Waals surface area contributed by atoms with Gasteiger partial charge < -0.3 is 44.7 Å². The van der Waals surface area contributed by atoms with Gasteiger partial charge in [0.25, 0.3) is 0 Å². The van der Waals surface area contributed by atoms with Crippen LogP contribution in [0.25, 0.3) is 0 Å². The van der Waals surface area contributed by atoms with Gasteiger partial charge in [-0.2, -0.15) is 9.29 Å². The van der Waals surface area contributed by atoms with E-state index in [1.54, 1.807) is 0 Å². The Labute approximate surface area is 384 Å². The van der Waals surface area contributed by atoms with Gasteiger partial charge in [0.1, 0.15) is 30.7 Å². The zero-order valence-corrected chi connectivity index (χ0v) is 40.4. The van der Waals surface area contributed by atoms with Gasteiger partial charge in [0.2, 0.25) is 0 Å². The van der Waals surface area contributed by atoms with Gasteiger partial charge >= 0.3 is 33.3 Å². The molecular weight excluding hydrogens is 888 g/mol. The van der Waals surface area contributed by atoms with Crippen LogP contribution in [-0.4, -0.2) is 97.9 Å². The Morgan fingerprint density at radius 3 is 2.09 bits per heavy atom. The number of unbranched alkanes of at least 4 members (excludes halogenated alkanes) is 14. The summed E-state index contributed by atoms with van der Waals surface area (Å²) >= 11 is 0. The second kappa shape index (κ2) is 30.8. The predicted octanol–water partition coefficient (Wildman–Crippen LogP) is 7.73. The molecule has 0 bridgehead atoms. The van der Waals surface area contributed by atoms with E-state index in [4.69, 9.17) is 33.7 Å². The summed E-state index contributed by atoms with van der Waals surface area (Å²) in [5, 5.41) is 20.9. The van der Waals surface area contributed by atoms with E-state index in [-0.39, 0.29) is 18.7 Å². The van der Waals surface area contributed by atoms with E-state index in [2.05, 4.69) is 42.2 Å². The number of nitrogen functional groups attached to an aromatic ring is 1. The van der Waals surface area contributed by atoms with Crippen molar-refractivity contribution in [1.29, 1.82) is 0 Å². The summed E-state index contributed by atoms with van der Waals surface area (Å²) in [5.41, 5.74) is 4.58. The second-order valence-electron chi connectivity index (χ2n) is 17.5. The van der Waals surface area contributed by atoms with Crippen LogP contribution < -0.4 is 11.4 Å². The summed E-state index contributed by atoms with van der Waals surface area (Å²) in [6, 6.07) is 1.25. The Kier molecular flexibility index (Phi) is 26.9. The number of epoxide rings is 1. The van der Waals surface area contributed by atoms with Crippen LogP contribution in [0, 0.1) is 5.92 Å². The maximum absolute atomic E-state index is 12.8. The molecule has 3 heterocycles. The molecule has 4 unspecified atom stereocenters. The number of hydrogen-bond acceptors (Lipinski definition) is 16. The summed E-state index contributed by atoms with van der Waals surface area (Å²) in [5.74, 6) is -0.606. The number of aliphatic hydroxyl groups excluding tert-OH is 2. The van der Waals surface area contributed by atoms with Crippen LogP contribution in [0.4, 0.5) is 5.82 Å². The first-order valence-electron chi connectivity index (χ1n) is 23.7. The van der Waals surface area contributed by atoms with E-state index in [0.29, 0.717) is 31.0 Å². The number of phosphoric acid groups is 2. The van der Waals surface area contributed by atoms with Crippen molar-refractivity contribution in [2.75, 3.05) is 25.6 Å². The molecule has 65 heavy (non-hydrogen) atoms. The van der Waals surface area contributed by atoms with Gasteiger partial charge in [-0.1, -0.05) is 123 Å². The average Bonchev–Trinajstić information content (AvgIpc) is 3.93. The molecule has 1 aromatic heterocycles. The molecule has 21 heteroatoms. The fraction of sp³-hybridized carbons (Fsp3) is 0.818. The van der Waals surface area contributed by atoms with Crippen molar-refractivity contribution in [3.63, 3.8) is 0 Å². The van der Waals surface area contributed by atoms with Crippen molar-refractivity contribution in [3.05, 3.63) is 34.9 Å². The molecule has 2 aliphatic heterocycles. The Balaban J connectivity index is 1.41. The van der Waals surface area contributed by atoms with Crippen molar-refractivity contribution in [1.82, 2.24) is 9.55 Å². The number of allylic oxidation sites excluding steroid dienone is 1. The molecule has 0 radical (unpaired) electrons. The summed E-state index contributed by atoms with van der Waals surface area (Å²) in [6.07, 6.45) is 19.3. The molecule has 2 fully saturated rings. The number of nitrogens with two attached hydrogens (primary N) is 1. The lowest BCUT2D eigenvalue weighted by Crippen LogP contribution is -2.36. The Morgan fingerprint density at radius 2 is 1.43 bits per heavy atom. The van der Waals surface area contributed by atoms with Crippen LogP contribution in [0.15, 0.2) is 29.2 Å². The number of aliphatic hydroxyl groups is 2. The van der Waals surface area contributed by atoms with E-state index in [0.717, 1.165) is 81.4 Å². The number of aromatic nitrogens is 2. The number of ether oxygens (including phenoxy) is 4.